The minimum absolute atomic E-state index is 0.0340. The van der Waals surface area contributed by atoms with Gasteiger partial charge in [0, 0.05) is 25.9 Å². The summed E-state index contributed by atoms with van der Waals surface area (Å²) in [6, 6.07) is 0. The summed E-state index contributed by atoms with van der Waals surface area (Å²) < 4.78 is 41.0. The third-order valence-corrected chi connectivity index (χ3v) is 2.94. The molecular weight excluding hydrogens is 233 g/mol. The Balaban J connectivity index is 2.04. The summed E-state index contributed by atoms with van der Waals surface area (Å²) in [4.78, 5) is 11.3. The van der Waals surface area contributed by atoms with Crippen LogP contribution in [0.2, 0.25) is 0 Å². The van der Waals surface area contributed by atoms with Gasteiger partial charge in [-0.15, -0.1) is 0 Å². The van der Waals surface area contributed by atoms with E-state index in [0.717, 1.165) is 25.9 Å². The highest BCUT2D eigenvalue weighted by molar-refractivity contribution is 5.78. The molecule has 0 aromatic heterocycles. The third kappa shape index (κ3) is 7.36. The fraction of sp³-hybridized carbons (Fsp3) is 0.917. The Morgan fingerprint density at radius 2 is 2.00 bits per heavy atom. The molecule has 0 saturated carbocycles. The first-order valence-corrected chi connectivity index (χ1v) is 6.17. The van der Waals surface area contributed by atoms with Gasteiger partial charge in [0.05, 0.1) is 6.10 Å². The Morgan fingerprint density at radius 3 is 2.59 bits per heavy atom. The number of hydrogen-bond donors (Lipinski definition) is 0. The molecule has 100 valence electrons. The molecular formula is C12H19F3O2. The zero-order valence-corrected chi connectivity index (χ0v) is 9.89. The molecule has 0 aliphatic carbocycles. The van der Waals surface area contributed by atoms with Crippen molar-refractivity contribution >= 4 is 5.78 Å². The first kappa shape index (κ1) is 14.5. The second-order valence-electron chi connectivity index (χ2n) is 4.53. The molecule has 1 aliphatic heterocycles. The van der Waals surface area contributed by atoms with Crippen molar-refractivity contribution < 1.29 is 22.7 Å². The summed E-state index contributed by atoms with van der Waals surface area (Å²) in [6.07, 6.45) is -0.771. The summed E-state index contributed by atoms with van der Waals surface area (Å²) in [7, 11) is 0. The fourth-order valence-electron chi connectivity index (χ4n) is 1.97. The van der Waals surface area contributed by atoms with Gasteiger partial charge in [0.2, 0.25) is 0 Å². The lowest BCUT2D eigenvalue weighted by atomic mass is 10.0. The lowest BCUT2D eigenvalue weighted by Gasteiger charge is -2.22. The molecule has 1 heterocycles. The van der Waals surface area contributed by atoms with E-state index < -0.39 is 12.6 Å². The Hall–Kier alpha value is -0.580. The van der Waals surface area contributed by atoms with Crippen LogP contribution in [0, 0.1) is 0 Å². The number of halogens is 3. The number of ether oxygens (including phenoxy) is 1. The number of Topliss-reactive ketones (excluding diaryl/α,β-unsaturated/α-hetero) is 1. The van der Waals surface area contributed by atoms with Gasteiger partial charge in [-0.05, 0) is 32.1 Å². The van der Waals surface area contributed by atoms with Gasteiger partial charge in [0.1, 0.15) is 5.78 Å². The van der Waals surface area contributed by atoms with E-state index in [1.54, 1.807) is 0 Å². The molecule has 1 unspecified atom stereocenters. The highest BCUT2D eigenvalue weighted by Gasteiger charge is 2.26. The number of rotatable bonds is 6. The average molecular weight is 252 g/mol. The summed E-state index contributed by atoms with van der Waals surface area (Å²) in [6.45, 7) is 0.743. The van der Waals surface area contributed by atoms with E-state index >= 15 is 0 Å². The molecule has 1 fully saturated rings. The minimum Gasteiger partial charge on any atom is -0.378 e. The molecule has 1 rings (SSSR count). The van der Waals surface area contributed by atoms with Crippen LogP contribution in [0.25, 0.3) is 0 Å². The number of alkyl halides is 3. The molecule has 0 radical (unpaired) electrons. The van der Waals surface area contributed by atoms with Crippen LogP contribution >= 0.6 is 0 Å². The molecule has 0 aromatic rings. The van der Waals surface area contributed by atoms with Gasteiger partial charge in [-0.25, -0.2) is 0 Å². The van der Waals surface area contributed by atoms with E-state index in [-0.39, 0.29) is 24.7 Å². The zero-order valence-electron chi connectivity index (χ0n) is 9.89. The zero-order chi connectivity index (χ0) is 12.7. The Bertz CT molecular complexity index is 232. The normalized spacial score (nSPS) is 21.5. The molecule has 0 amide bonds. The first-order valence-electron chi connectivity index (χ1n) is 6.17. The minimum atomic E-state index is -4.15. The lowest BCUT2D eigenvalue weighted by molar-refractivity contribution is -0.137. The van der Waals surface area contributed by atoms with Crippen LogP contribution in [-0.4, -0.2) is 24.7 Å². The standard InChI is InChI=1S/C12H19F3O2/c13-12(14,15)8-3-4-10(16)6-7-11-5-1-2-9-17-11/h11H,1-9H2. The van der Waals surface area contributed by atoms with Gasteiger partial charge in [0.25, 0.3) is 0 Å². The molecule has 2 nitrogen and oxygen atoms in total. The van der Waals surface area contributed by atoms with E-state index in [1.165, 1.54) is 0 Å². The lowest BCUT2D eigenvalue weighted by Crippen LogP contribution is -2.20. The van der Waals surface area contributed by atoms with Gasteiger partial charge in [0.15, 0.2) is 0 Å². The van der Waals surface area contributed by atoms with Crippen molar-refractivity contribution in [1.82, 2.24) is 0 Å². The third-order valence-electron chi connectivity index (χ3n) is 2.94. The number of carbonyl (C=O) groups is 1. The van der Waals surface area contributed by atoms with E-state index in [1.807, 2.05) is 0 Å². The van der Waals surface area contributed by atoms with Gasteiger partial charge >= 0.3 is 6.18 Å². The van der Waals surface area contributed by atoms with Gasteiger partial charge in [-0.3, -0.25) is 4.79 Å². The van der Waals surface area contributed by atoms with Crippen LogP contribution in [-0.2, 0) is 9.53 Å². The van der Waals surface area contributed by atoms with Crippen molar-refractivity contribution in [2.45, 2.75) is 63.6 Å². The van der Waals surface area contributed by atoms with Gasteiger partial charge in [-0.2, -0.15) is 13.2 Å². The number of ketones is 1. The predicted molar refractivity (Wildman–Crippen MR) is 57.7 cm³/mol. The van der Waals surface area contributed by atoms with Crippen molar-refractivity contribution in [3.8, 4) is 0 Å². The highest BCUT2D eigenvalue weighted by Crippen LogP contribution is 2.23. The van der Waals surface area contributed by atoms with Crippen LogP contribution in [0.3, 0.4) is 0 Å². The molecule has 17 heavy (non-hydrogen) atoms. The highest BCUT2D eigenvalue weighted by atomic mass is 19.4. The molecule has 0 aromatic carbocycles. The van der Waals surface area contributed by atoms with E-state index in [9.17, 15) is 18.0 Å². The quantitative estimate of drug-likeness (QED) is 0.721. The van der Waals surface area contributed by atoms with E-state index in [4.69, 9.17) is 4.74 Å². The summed E-state index contributed by atoms with van der Waals surface area (Å²) in [5, 5.41) is 0. The molecule has 0 spiro atoms. The van der Waals surface area contributed by atoms with Gasteiger partial charge in [-0.1, -0.05) is 0 Å². The topological polar surface area (TPSA) is 26.3 Å². The summed E-state index contributed by atoms with van der Waals surface area (Å²) in [5.41, 5.74) is 0. The Morgan fingerprint density at radius 1 is 1.24 bits per heavy atom. The second kappa shape index (κ2) is 6.99. The smallest absolute Gasteiger partial charge is 0.378 e. The van der Waals surface area contributed by atoms with Crippen molar-refractivity contribution in [1.29, 1.82) is 0 Å². The first-order chi connectivity index (χ1) is 7.97. The molecule has 1 atom stereocenters. The largest absolute Gasteiger partial charge is 0.389 e. The number of carbonyl (C=O) groups excluding carboxylic acids is 1. The maximum atomic E-state index is 11.9. The second-order valence-corrected chi connectivity index (χ2v) is 4.53. The van der Waals surface area contributed by atoms with Crippen molar-refractivity contribution in [2.75, 3.05) is 6.61 Å². The molecule has 1 saturated heterocycles. The van der Waals surface area contributed by atoms with E-state index in [2.05, 4.69) is 0 Å². The van der Waals surface area contributed by atoms with Gasteiger partial charge < -0.3 is 4.74 Å². The fourth-order valence-corrected chi connectivity index (χ4v) is 1.97. The maximum absolute atomic E-state index is 11.9. The Kier molecular flexibility index (Phi) is 5.95. The molecule has 1 aliphatic rings. The predicted octanol–water partition coefficient (Wildman–Crippen LogP) is 3.64. The summed E-state index contributed by atoms with van der Waals surface area (Å²) in [5.74, 6) is -0.0802. The van der Waals surface area contributed by atoms with Crippen molar-refractivity contribution in [3.63, 3.8) is 0 Å². The Labute approximate surface area is 99.5 Å². The maximum Gasteiger partial charge on any atom is 0.389 e. The molecule has 0 bridgehead atoms. The van der Waals surface area contributed by atoms with Crippen LogP contribution < -0.4 is 0 Å². The SMILES string of the molecule is O=C(CCCC(F)(F)F)CCC1CCCCO1. The van der Waals surface area contributed by atoms with Crippen molar-refractivity contribution in [3.05, 3.63) is 0 Å². The molecule has 0 N–H and O–H groups in total. The van der Waals surface area contributed by atoms with Crippen LogP contribution in [0.5, 0.6) is 0 Å². The van der Waals surface area contributed by atoms with Crippen LogP contribution in [0.1, 0.15) is 51.4 Å². The van der Waals surface area contributed by atoms with Crippen LogP contribution in [0.4, 0.5) is 13.2 Å². The van der Waals surface area contributed by atoms with Crippen molar-refractivity contribution in [2.24, 2.45) is 0 Å². The summed E-state index contributed by atoms with van der Waals surface area (Å²) >= 11 is 0. The molecule has 5 heteroatoms. The average Bonchev–Trinajstić information content (AvgIpc) is 2.26. The van der Waals surface area contributed by atoms with Crippen LogP contribution in [0.15, 0.2) is 0 Å². The van der Waals surface area contributed by atoms with E-state index in [0.29, 0.717) is 12.8 Å². The number of hydrogen-bond acceptors (Lipinski definition) is 2. The monoisotopic (exact) mass is 252 g/mol.